The summed E-state index contributed by atoms with van der Waals surface area (Å²) in [6.07, 6.45) is 3.73. The molecule has 2 heterocycles. The topological polar surface area (TPSA) is 29.3 Å². The molecule has 0 saturated heterocycles. The predicted octanol–water partition coefficient (Wildman–Crippen LogP) is 3.20. The van der Waals surface area contributed by atoms with E-state index in [1.165, 1.54) is 0 Å². The van der Waals surface area contributed by atoms with Crippen LogP contribution in [0.2, 0.25) is 5.02 Å². The standard InChI is InChI=1S/C11H14ClN3/c1-11(2,3)14-10-7-13-9-6-8(12)4-5-15(9)10/h4-7,14H,1-3H3. The number of pyridine rings is 1. The Balaban J connectivity index is 2.45. The molecule has 3 nitrogen and oxygen atoms in total. The monoisotopic (exact) mass is 223 g/mol. The summed E-state index contributed by atoms with van der Waals surface area (Å²) in [5.74, 6) is 0.981. The summed E-state index contributed by atoms with van der Waals surface area (Å²) in [6.45, 7) is 6.34. The molecule has 2 aromatic heterocycles. The van der Waals surface area contributed by atoms with Crippen molar-refractivity contribution < 1.29 is 0 Å². The van der Waals surface area contributed by atoms with Gasteiger partial charge in [0.05, 0.1) is 6.20 Å². The summed E-state index contributed by atoms with van der Waals surface area (Å²) < 4.78 is 1.98. The number of halogens is 1. The highest BCUT2D eigenvalue weighted by Crippen LogP contribution is 2.19. The third-order valence-corrected chi connectivity index (χ3v) is 2.21. The van der Waals surface area contributed by atoms with Crippen LogP contribution in [0.15, 0.2) is 24.5 Å². The van der Waals surface area contributed by atoms with Crippen molar-refractivity contribution in [2.24, 2.45) is 0 Å². The Hall–Kier alpha value is -1.22. The number of nitrogens with one attached hydrogen (secondary N) is 1. The van der Waals surface area contributed by atoms with Crippen LogP contribution in [-0.4, -0.2) is 14.9 Å². The van der Waals surface area contributed by atoms with E-state index in [2.05, 4.69) is 31.1 Å². The third-order valence-electron chi connectivity index (χ3n) is 1.98. The lowest BCUT2D eigenvalue weighted by atomic mass is 10.1. The summed E-state index contributed by atoms with van der Waals surface area (Å²) in [4.78, 5) is 4.28. The van der Waals surface area contributed by atoms with Crippen LogP contribution in [0.3, 0.4) is 0 Å². The highest BCUT2D eigenvalue weighted by Gasteiger charge is 2.12. The van der Waals surface area contributed by atoms with E-state index in [1.54, 1.807) is 0 Å². The molecule has 15 heavy (non-hydrogen) atoms. The van der Waals surface area contributed by atoms with Crippen LogP contribution in [0.1, 0.15) is 20.8 Å². The largest absolute Gasteiger partial charge is 0.365 e. The summed E-state index contributed by atoms with van der Waals surface area (Å²) in [7, 11) is 0. The van der Waals surface area contributed by atoms with E-state index in [0.29, 0.717) is 5.02 Å². The van der Waals surface area contributed by atoms with Crippen molar-refractivity contribution in [1.29, 1.82) is 0 Å². The molecule has 0 aliphatic rings. The molecule has 0 bridgehead atoms. The minimum atomic E-state index is 0.0234. The smallest absolute Gasteiger partial charge is 0.139 e. The van der Waals surface area contributed by atoms with Crippen molar-refractivity contribution in [1.82, 2.24) is 9.38 Å². The highest BCUT2D eigenvalue weighted by atomic mass is 35.5. The lowest BCUT2D eigenvalue weighted by Crippen LogP contribution is -2.26. The van der Waals surface area contributed by atoms with Gasteiger partial charge in [0, 0.05) is 22.8 Å². The molecule has 0 amide bonds. The SMILES string of the molecule is CC(C)(C)Nc1cnc2cc(Cl)ccn12. The molecule has 2 aromatic rings. The summed E-state index contributed by atoms with van der Waals surface area (Å²) in [5.41, 5.74) is 0.879. The number of nitrogens with zero attached hydrogens (tertiary/aromatic N) is 2. The van der Waals surface area contributed by atoms with Crippen LogP contribution in [-0.2, 0) is 0 Å². The normalized spacial score (nSPS) is 12.0. The first-order valence-corrected chi connectivity index (χ1v) is 5.24. The fourth-order valence-electron chi connectivity index (χ4n) is 1.43. The van der Waals surface area contributed by atoms with E-state index in [-0.39, 0.29) is 5.54 Å². The Bertz CT molecular complexity index is 482. The number of imidazole rings is 1. The molecule has 0 unspecified atom stereocenters. The quantitative estimate of drug-likeness (QED) is 0.805. The van der Waals surface area contributed by atoms with Gasteiger partial charge in [-0.3, -0.25) is 4.40 Å². The number of fused-ring (bicyclic) bond motifs is 1. The summed E-state index contributed by atoms with van der Waals surface area (Å²) in [6, 6.07) is 3.69. The lowest BCUT2D eigenvalue weighted by molar-refractivity contribution is 0.629. The zero-order valence-electron chi connectivity index (χ0n) is 9.08. The molecule has 2 rings (SSSR count). The van der Waals surface area contributed by atoms with Gasteiger partial charge >= 0.3 is 0 Å². The van der Waals surface area contributed by atoms with Gasteiger partial charge < -0.3 is 5.32 Å². The molecule has 0 fully saturated rings. The third kappa shape index (κ3) is 2.23. The number of rotatable bonds is 1. The minimum Gasteiger partial charge on any atom is -0.365 e. The van der Waals surface area contributed by atoms with E-state index in [0.717, 1.165) is 11.5 Å². The zero-order chi connectivity index (χ0) is 11.1. The molecule has 80 valence electrons. The van der Waals surface area contributed by atoms with Crippen LogP contribution in [0, 0.1) is 0 Å². The molecule has 0 aliphatic heterocycles. The maximum absolute atomic E-state index is 5.89. The predicted molar refractivity (Wildman–Crippen MR) is 63.6 cm³/mol. The van der Waals surface area contributed by atoms with Gasteiger partial charge in [-0.25, -0.2) is 4.98 Å². The first-order chi connectivity index (χ1) is 6.96. The lowest BCUT2D eigenvalue weighted by Gasteiger charge is -2.21. The number of hydrogen-bond acceptors (Lipinski definition) is 2. The van der Waals surface area contributed by atoms with Crippen LogP contribution in [0.4, 0.5) is 5.82 Å². The zero-order valence-corrected chi connectivity index (χ0v) is 9.84. The van der Waals surface area contributed by atoms with Gasteiger partial charge in [-0.15, -0.1) is 0 Å². The Morgan fingerprint density at radius 2 is 2.13 bits per heavy atom. The second-order valence-corrected chi connectivity index (χ2v) is 5.03. The van der Waals surface area contributed by atoms with Crippen molar-refractivity contribution >= 4 is 23.1 Å². The van der Waals surface area contributed by atoms with Gasteiger partial charge in [0.1, 0.15) is 11.5 Å². The molecule has 0 atom stereocenters. The van der Waals surface area contributed by atoms with E-state index in [4.69, 9.17) is 11.6 Å². The first kappa shape index (κ1) is 10.3. The molecule has 0 radical (unpaired) electrons. The minimum absolute atomic E-state index is 0.0234. The Morgan fingerprint density at radius 3 is 2.80 bits per heavy atom. The molecule has 0 aromatic carbocycles. The Kier molecular flexibility index (Phi) is 2.35. The van der Waals surface area contributed by atoms with E-state index >= 15 is 0 Å². The molecule has 0 spiro atoms. The molecule has 0 aliphatic carbocycles. The van der Waals surface area contributed by atoms with Crippen molar-refractivity contribution in [2.75, 3.05) is 5.32 Å². The summed E-state index contributed by atoms with van der Waals surface area (Å²) in [5, 5.41) is 4.09. The van der Waals surface area contributed by atoms with E-state index < -0.39 is 0 Å². The Morgan fingerprint density at radius 1 is 1.40 bits per heavy atom. The fraction of sp³-hybridized carbons (Fsp3) is 0.364. The van der Waals surface area contributed by atoms with Crippen molar-refractivity contribution in [3.8, 4) is 0 Å². The van der Waals surface area contributed by atoms with Crippen molar-refractivity contribution in [3.05, 3.63) is 29.5 Å². The van der Waals surface area contributed by atoms with Crippen molar-refractivity contribution in [2.45, 2.75) is 26.3 Å². The van der Waals surface area contributed by atoms with Crippen LogP contribution >= 0.6 is 11.6 Å². The second kappa shape index (κ2) is 3.42. The molecule has 4 heteroatoms. The second-order valence-electron chi connectivity index (χ2n) is 4.59. The van der Waals surface area contributed by atoms with Crippen LogP contribution in [0.5, 0.6) is 0 Å². The van der Waals surface area contributed by atoms with Crippen molar-refractivity contribution in [3.63, 3.8) is 0 Å². The van der Waals surface area contributed by atoms with Crippen LogP contribution < -0.4 is 5.32 Å². The molecular formula is C11H14ClN3. The van der Waals surface area contributed by atoms with E-state index in [1.807, 2.05) is 28.9 Å². The average molecular weight is 224 g/mol. The van der Waals surface area contributed by atoms with Gasteiger partial charge in [-0.1, -0.05) is 11.6 Å². The highest BCUT2D eigenvalue weighted by molar-refractivity contribution is 6.30. The van der Waals surface area contributed by atoms with Gasteiger partial charge in [-0.2, -0.15) is 0 Å². The maximum atomic E-state index is 5.89. The van der Waals surface area contributed by atoms with Crippen LogP contribution in [0.25, 0.3) is 5.65 Å². The number of anilines is 1. The van der Waals surface area contributed by atoms with E-state index in [9.17, 15) is 0 Å². The molecule has 1 N–H and O–H groups in total. The van der Waals surface area contributed by atoms with Gasteiger partial charge in [0.25, 0.3) is 0 Å². The fourth-order valence-corrected chi connectivity index (χ4v) is 1.59. The number of aromatic nitrogens is 2. The first-order valence-electron chi connectivity index (χ1n) is 4.86. The Labute approximate surface area is 94.1 Å². The average Bonchev–Trinajstić information content (AvgIpc) is 2.45. The summed E-state index contributed by atoms with van der Waals surface area (Å²) >= 11 is 5.89. The number of hydrogen-bond donors (Lipinski definition) is 1. The van der Waals surface area contributed by atoms with Gasteiger partial charge in [0.2, 0.25) is 0 Å². The molecular weight excluding hydrogens is 210 g/mol. The van der Waals surface area contributed by atoms with Gasteiger partial charge in [0.15, 0.2) is 0 Å². The maximum Gasteiger partial charge on any atom is 0.139 e. The van der Waals surface area contributed by atoms with Gasteiger partial charge in [-0.05, 0) is 26.8 Å². The molecule has 0 saturated carbocycles.